The van der Waals surface area contributed by atoms with Crippen LogP contribution in [0.4, 0.5) is 10.8 Å². The van der Waals surface area contributed by atoms with Crippen molar-refractivity contribution in [2.45, 2.75) is 6.54 Å². The van der Waals surface area contributed by atoms with E-state index < -0.39 is 10.8 Å². The number of hydrogen-bond donors (Lipinski definition) is 2. The summed E-state index contributed by atoms with van der Waals surface area (Å²) in [5, 5.41) is 21.4. The van der Waals surface area contributed by atoms with E-state index in [4.69, 9.17) is 17.3 Å². The number of nitro benzene ring substituents is 1. The maximum absolute atomic E-state index is 11.9. The fourth-order valence-electron chi connectivity index (χ4n) is 1.39. The van der Waals surface area contributed by atoms with Crippen LogP contribution in [0.1, 0.15) is 15.4 Å². The molecule has 8 nitrogen and oxygen atoms in total. The molecule has 0 unspecified atom stereocenters. The zero-order valence-electron chi connectivity index (χ0n) is 9.87. The molecule has 20 heavy (non-hydrogen) atoms. The van der Waals surface area contributed by atoms with Crippen LogP contribution in [0.3, 0.4) is 0 Å². The lowest BCUT2D eigenvalue weighted by atomic mass is 10.2. The fraction of sp³-hybridized carbons (Fsp3) is 0.100. The Morgan fingerprint density at radius 3 is 2.80 bits per heavy atom. The minimum absolute atomic E-state index is 0.00785. The van der Waals surface area contributed by atoms with E-state index in [0.29, 0.717) is 10.1 Å². The Bertz CT molecular complexity index is 675. The lowest BCUT2D eigenvalue weighted by Gasteiger charge is -2.04. The average Bonchev–Trinajstić information content (AvgIpc) is 2.81. The van der Waals surface area contributed by atoms with E-state index in [9.17, 15) is 14.9 Å². The minimum Gasteiger partial charge on any atom is -0.374 e. The number of rotatable bonds is 4. The largest absolute Gasteiger partial charge is 0.374 e. The molecule has 0 fully saturated rings. The quantitative estimate of drug-likeness (QED) is 0.652. The first-order valence-electron chi connectivity index (χ1n) is 5.27. The number of nitrogens with two attached hydrogens (primary N) is 1. The molecule has 1 amide bonds. The van der Waals surface area contributed by atoms with Gasteiger partial charge >= 0.3 is 0 Å². The predicted molar refractivity (Wildman–Crippen MR) is 73.6 cm³/mol. The van der Waals surface area contributed by atoms with Crippen LogP contribution in [-0.2, 0) is 6.54 Å². The van der Waals surface area contributed by atoms with E-state index in [1.54, 1.807) is 0 Å². The summed E-state index contributed by atoms with van der Waals surface area (Å²) in [7, 11) is 0. The Hall–Kier alpha value is -2.26. The lowest BCUT2D eigenvalue weighted by Crippen LogP contribution is -2.23. The number of nitrogens with one attached hydrogen (secondary N) is 1. The summed E-state index contributed by atoms with van der Waals surface area (Å²) in [6.45, 7) is 0.154. The van der Waals surface area contributed by atoms with Crippen LogP contribution in [-0.4, -0.2) is 21.0 Å². The number of anilines is 1. The first kappa shape index (κ1) is 14.2. The number of benzene rings is 1. The van der Waals surface area contributed by atoms with Gasteiger partial charge in [-0.1, -0.05) is 22.9 Å². The molecule has 0 aliphatic carbocycles. The van der Waals surface area contributed by atoms with Crippen molar-refractivity contribution < 1.29 is 9.72 Å². The Morgan fingerprint density at radius 2 is 2.25 bits per heavy atom. The van der Waals surface area contributed by atoms with E-state index in [0.717, 1.165) is 17.4 Å². The molecule has 0 atom stereocenters. The van der Waals surface area contributed by atoms with Gasteiger partial charge in [0.05, 0.1) is 22.1 Å². The molecule has 3 N–H and O–H groups in total. The third kappa shape index (κ3) is 3.19. The zero-order valence-corrected chi connectivity index (χ0v) is 11.4. The van der Waals surface area contributed by atoms with Crippen molar-refractivity contribution in [3.63, 3.8) is 0 Å². The van der Waals surface area contributed by atoms with Gasteiger partial charge in [-0.2, -0.15) is 0 Å². The van der Waals surface area contributed by atoms with Crippen LogP contribution in [0.25, 0.3) is 0 Å². The topological polar surface area (TPSA) is 124 Å². The van der Waals surface area contributed by atoms with Gasteiger partial charge in [-0.25, -0.2) is 0 Å². The second kappa shape index (κ2) is 5.80. The van der Waals surface area contributed by atoms with Crippen LogP contribution in [0.5, 0.6) is 0 Å². The number of carbonyl (C=O) groups is 1. The van der Waals surface area contributed by atoms with Crippen molar-refractivity contribution in [3.8, 4) is 0 Å². The Labute approximate surface area is 121 Å². The zero-order chi connectivity index (χ0) is 14.7. The molecule has 1 aromatic carbocycles. The smallest absolute Gasteiger partial charge is 0.270 e. The second-order valence-electron chi connectivity index (χ2n) is 3.64. The summed E-state index contributed by atoms with van der Waals surface area (Å²) in [6, 6.07) is 3.63. The molecule has 0 bridgehead atoms. The number of nitrogens with zero attached hydrogens (tertiary/aromatic N) is 3. The molecule has 0 spiro atoms. The highest BCUT2D eigenvalue weighted by atomic mass is 35.5. The summed E-state index contributed by atoms with van der Waals surface area (Å²) >= 11 is 7.00. The normalized spacial score (nSPS) is 10.2. The third-order valence-corrected chi connectivity index (χ3v) is 3.36. The number of carbonyl (C=O) groups excluding carboxylic acids is 1. The van der Waals surface area contributed by atoms with Crippen LogP contribution in [0.15, 0.2) is 18.2 Å². The summed E-state index contributed by atoms with van der Waals surface area (Å²) in [5.41, 5.74) is 5.38. The number of nitrogen functional groups attached to an aromatic ring is 1. The van der Waals surface area contributed by atoms with Gasteiger partial charge in [0, 0.05) is 12.1 Å². The molecule has 2 rings (SSSR count). The van der Waals surface area contributed by atoms with Gasteiger partial charge in [0.2, 0.25) is 5.13 Å². The number of hydrogen-bond acceptors (Lipinski definition) is 7. The number of aromatic nitrogens is 2. The molecule has 1 heterocycles. The van der Waals surface area contributed by atoms with Crippen molar-refractivity contribution in [3.05, 3.63) is 43.9 Å². The molecule has 1 aromatic heterocycles. The van der Waals surface area contributed by atoms with E-state index >= 15 is 0 Å². The third-order valence-electron chi connectivity index (χ3n) is 2.29. The molecular weight excluding hydrogens is 306 g/mol. The van der Waals surface area contributed by atoms with Gasteiger partial charge in [-0.3, -0.25) is 14.9 Å². The van der Waals surface area contributed by atoms with E-state index in [1.807, 2.05) is 0 Å². The first-order valence-corrected chi connectivity index (χ1v) is 6.47. The highest BCUT2D eigenvalue weighted by Gasteiger charge is 2.15. The minimum atomic E-state index is -0.586. The molecular formula is C10H8ClN5O3S. The molecule has 0 aliphatic rings. The summed E-state index contributed by atoms with van der Waals surface area (Å²) in [6.07, 6.45) is 0. The van der Waals surface area contributed by atoms with Gasteiger partial charge in [0.25, 0.3) is 11.6 Å². The Morgan fingerprint density at radius 1 is 1.50 bits per heavy atom. The van der Waals surface area contributed by atoms with E-state index in [2.05, 4.69) is 15.5 Å². The van der Waals surface area contributed by atoms with Crippen LogP contribution >= 0.6 is 22.9 Å². The highest BCUT2D eigenvalue weighted by molar-refractivity contribution is 7.15. The number of halogens is 1. The Kier molecular flexibility index (Phi) is 4.11. The van der Waals surface area contributed by atoms with Gasteiger partial charge in [0.15, 0.2) is 0 Å². The SMILES string of the molecule is Nc1nnc(CNC(=O)c2ccc([N+](=O)[O-])cc2Cl)s1. The van der Waals surface area contributed by atoms with E-state index in [1.165, 1.54) is 12.1 Å². The van der Waals surface area contributed by atoms with Crippen molar-refractivity contribution in [2.75, 3.05) is 5.73 Å². The molecule has 10 heteroatoms. The maximum Gasteiger partial charge on any atom is 0.270 e. The van der Waals surface area contributed by atoms with Crippen molar-refractivity contribution in [1.29, 1.82) is 0 Å². The standard InChI is InChI=1S/C10H8ClN5O3S/c11-7-3-5(16(18)19)1-2-6(7)9(17)13-4-8-14-15-10(12)20-8/h1-3H,4H2,(H2,12,15)(H,13,17). The monoisotopic (exact) mass is 313 g/mol. The molecule has 104 valence electrons. The summed E-state index contributed by atoms with van der Waals surface area (Å²) < 4.78 is 0. The molecule has 0 aliphatic heterocycles. The average molecular weight is 314 g/mol. The first-order chi connectivity index (χ1) is 9.47. The van der Waals surface area contributed by atoms with Crippen molar-refractivity contribution in [1.82, 2.24) is 15.5 Å². The van der Waals surface area contributed by atoms with Crippen molar-refractivity contribution >= 4 is 39.7 Å². The second-order valence-corrected chi connectivity index (χ2v) is 5.14. The van der Waals surface area contributed by atoms with Gasteiger partial charge in [0.1, 0.15) is 5.01 Å². The van der Waals surface area contributed by atoms with Gasteiger partial charge in [-0.05, 0) is 6.07 Å². The highest BCUT2D eigenvalue weighted by Crippen LogP contribution is 2.22. The molecule has 0 saturated carbocycles. The van der Waals surface area contributed by atoms with Crippen LogP contribution in [0, 0.1) is 10.1 Å². The molecule has 0 saturated heterocycles. The van der Waals surface area contributed by atoms with Crippen LogP contribution < -0.4 is 11.1 Å². The number of amides is 1. The van der Waals surface area contributed by atoms with Gasteiger partial charge in [-0.15, -0.1) is 10.2 Å². The lowest BCUT2D eigenvalue weighted by molar-refractivity contribution is -0.384. The molecule has 0 radical (unpaired) electrons. The fourth-order valence-corrected chi connectivity index (χ4v) is 2.20. The summed E-state index contributed by atoms with van der Waals surface area (Å²) in [5.74, 6) is -0.460. The predicted octanol–water partition coefficient (Wildman–Crippen LogP) is 1.61. The maximum atomic E-state index is 11.9. The number of nitro groups is 1. The Balaban J connectivity index is 2.07. The van der Waals surface area contributed by atoms with Crippen LogP contribution in [0.2, 0.25) is 5.02 Å². The number of non-ortho nitro benzene ring substituents is 1. The summed E-state index contributed by atoms with van der Waals surface area (Å²) in [4.78, 5) is 21.9. The molecule has 2 aromatic rings. The van der Waals surface area contributed by atoms with Crippen molar-refractivity contribution in [2.24, 2.45) is 0 Å². The van der Waals surface area contributed by atoms with E-state index in [-0.39, 0.29) is 22.8 Å². The van der Waals surface area contributed by atoms with Gasteiger partial charge < -0.3 is 11.1 Å².